The second kappa shape index (κ2) is 6.21. The number of nitrogens with one attached hydrogen (secondary N) is 2. The van der Waals surface area contributed by atoms with Crippen molar-refractivity contribution in [1.29, 1.82) is 0 Å². The van der Waals surface area contributed by atoms with Crippen molar-refractivity contribution in [2.75, 3.05) is 18.5 Å². The van der Waals surface area contributed by atoms with E-state index >= 15 is 0 Å². The van der Waals surface area contributed by atoms with E-state index in [1.807, 2.05) is 0 Å². The van der Waals surface area contributed by atoms with Crippen LogP contribution in [-0.4, -0.2) is 46.1 Å². The summed E-state index contributed by atoms with van der Waals surface area (Å²) in [4.78, 5) is 23.6. The summed E-state index contributed by atoms with van der Waals surface area (Å²) in [6.45, 7) is 4.17. The van der Waals surface area contributed by atoms with E-state index in [1.54, 1.807) is 13.8 Å². The molecule has 112 valence electrons. The molecule has 0 radical (unpaired) electrons. The first-order valence-corrected chi connectivity index (χ1v) is 6.71. The van der Waals surface area contributed by atoms with E-state index in [0.717, 1.165) is 4.88 Å². The van der Waals surface area contributed by atoms with Crippen molar-refractivity contribution in [3.05, 3.63) is 16.0 Å². The van der Waals surface area contributed by atoms with E-state index in [9.17, 15) is 14.7 Å². The Kier molecular flexibility index (Phi) is 5.09. The Labute approximate surface area is 120 Å². The van der Waals surface area contributed by atoms with Crippen LogP contribution in [0.1, 0.15) is 27.7 Å². The molecule has 0 bridgehead atoms. The average Bonchev–Trinajstić information content (AvgIpc) is 2.62. The molecule has 0 saturated heterocycles. The van der Waals surface area contributed by atoms with Gasteiger partial charge in [-0.3, -0.25) is 5.32 Å². The SMILES string of the molecule is Cc1sc(NC(=O)NCC(C)(O)CO)c(C(=O)O)c1C. The molecule has 0 aliphatic rings. The lowest BCUT2D eigenvalue weighted by Gasteiger charge is -2.20. The highest BCUT2D eigenvalue weighted by Gasteiger charge is 2.22. The van der Waals surface area contributed by atoms with Gasteiger partial charge in [-0.25, -0.2) is 9.59 Å². The van der Waals surface area contributed by atoms with Crippen LogP contribution < -0.4 is 10.6 Å². The number of aliphatic hydroxyl groups is 2. The van der Waals surface area contributed by atoms with Crippen LogP contribution in [0.5, 0.6) is 0 Å². The number of carbonyl (C=O) groups excluding carboxylic acids is 1. The summed E-state index contributed by atoms with van der Waals surface area (Å²) in [7, 11) is 0. The van der Waals surface area contributed by atoms with Gasteiger partial charge in [-0.1, -0.05) is 0 Å². The predicted molar refractivity (Wildman–Crippen MR) is 75.5 cm³/mol. The summed E-state index contributed by atoms with van der Waals surface area (Å²) in [6, 6.07) is -0.637. The summed E-state index contributed by atoms with van der Waals surface area (Å²) < 4.78 is 0. The van der Waals surface area contributed by atoms with Gasteiger partial charge in [0.25, 0.3) is 0 Å². The highest BCUT2D eigenvalue weighted by molar-refractivity contribution is 7.16. The fraction of sp³-hybridized carbons (Fsp3) is 0.500. The number of carbonyl (C=O) groups is 2. The fourth-order valence-corrected chi connectivity index (χ4v) is 2.49. The molecule has 1 rings (SSSR count). The predicted octanol–water partition coefficient (Wildman–Crippen LogP) is 0.928. The van der Waals surface area contributed by atoms with Crippen LogP contribution in [0.2, 0.25) is 0 Å². The zero-order valence-electron chi connectivity index (χ0n) is 11.5. The second-order valence-corrected chi connectivity index (χ2v) is 5.98. The molecule has 1 aromatic heterocycles. The third kappa shape index (κ3) is 3.92. The first kappa shape index (κ1) is 16.4. The first-order valence-electron chi connectivity index (χ1n) is 5.89. The topological polar surface area (TPSA) is 119 Å². The molecule has 5 N–H and O–H groups in total. The van der Waals surface area contributed by atoms with Crippen molar-refractivity contribution in [1.82, 2.24) is 5.32 Å². The molecule has 7 nitrogen and oxygen atoms in total. The summed E-state index contributed by atoms with van der Waals surface area (Å²) in [5.74, 6) is -1.11. The Balaban J connectivity index is 2.77. The zero-order chi connectivity index (χ0) is 15.5. The minimum Gasteiger partial charge on any atom is -0.478 e. The molecule has 0 spiro atoms. The lowest BCUT2D eigenvalue weighted by atomic mass is 10.1. The van der Waals surface area contributed by atoms with Crippen LogP contribution in [-0.2, 0) is 0 Å². The van der Waals surface area contributed by atoms with E-state index in [2.05, 4.69) is 10.6 Å². The number of rotatable bonds is 5. The molecule has 1 atom stereocenters. The number of anilines is 1. The van der Waals surface area contributed by atoms with Crippen molar-refractivity contribution in [2.45, 2.75) is 26.4 Å². The van der Waals surface area contributed by atoms with E-state index in [4.69, 9.17) is 10.2 Å². The molecule has 0 saturated carbocycles. The van der Waals surface area contributed by atoms with Gasteiger partial charge in [0, 0.05) is 4.88 Å². The highest BCUT2D eigenvalue weighted by atomic mass is 32.1. The first-order chi connectivity index (χ1) is 9.18. The Morgan fingerprint density at radius 3 is 2.45 bits per heavy atom. The molecule has 0 aromatic carbocycles. The maximum atomic E-state index is 11.7. The summed E-state index contributed by atoms with van der Waals surface area (Å²) in [5, 5.41) is 32.6. The molecule has 8 heteroatoms. The molecule has 20 heavy (non-hydrogen) atoms. The number of carboxylic acids is 1. The van der Waals surface area contributed by atoms with Crippen LogP contribution in [0.25, 0.3) is 0 Å². The number of aryl methyl sites for hydroxylation is 1. The maximum absolute atomic E-state index is 11.7. The van der Waals surface area contributed by atoms with Crippen molar-refractivity contribution in [3.8, 4) is 0 Å². The number of amides is 2. The van der Waals surface area contributed by atoms with E-state index in [0.29, 0.717) is 5.56 Å². The fourth-order valence-electron chi connectivity index (χ4n) is 1.45. The second-order valence-electron chi connectivity index (χ2n) is 4.76. The van der Waals surface area contributed by atoms with E-state index < -0.39 is 24.2 Å². The summed E-state index contributed by atoms with van der Waals surface area (Å²) >= 11 is 1.17. The van der Waals surface area contributed by atoms with Crippen LogP contribution in [0.4, 0.5) is 9.80 Å². The molecule has 0 aliphatic carbocycles. The van der Waals surface area contributed by atoms with Gasteiger partial charge in [-0.05, 0) is 26.3 Å². The van der Waals surface area contributed by atoms with Crippen LogP contribution in [0.3, 0.4) is 0 Å². The number of hydrogen-bond acceptors (Lipinski definition) is 5. The monoisotopic (exact) mass is 302 g/mol. The zero-order valence-corrected chi connectivity index (χ0v) is 12.3. The Morgan fingerprint density at radius 2 is 1.95 bits per heavy atom. The molecule has 1 aromatic rings. The van der Waals surface area contributed by atoms with Gasteiger partial charge in [-0.2, -0.15) is 0 Å². The maximum Gasteiger partial charge on any atom is 0.338 e. The third-order valence-corrected chi connectivity index (χ3v) is 3.92. The van der Waals surface area contributed by atoms with Gasteiger partial charge in [0.15, 0.2) is 0 Å². The van der Waals surface area contributed by atoms with Crippen molar-refractivity contribution in [3.63, 3.8) is 0 Å². The lowest BCUT2D eigenvalue weighted by molar-refractivity contribution is 0.00514. The summed E-state index contributed by atoms with van der Waals surface area (Å²) in [6.07, 6.45) is 0. The minimum atomic E-state index is -1.42. The Morgan fingerprint density at radius 1 is 1.35 bits per heavy atom. The third-order valence-electron chi connectivity index (χ3n) is 2.80. The standard InChI is InChI=1S/C12H18N2O5S/c1-6-7(2)20-9(8(6)10(16)17)14-11(18)13-4-12(3,19)5-15/h15,19H,4-5H2,1-3H3,(H,16,17)(H2,13,14,18). The van der Waals surface area contributed by atoms with Gasteiger partial charge < -0.3 is 20.6 Å². The molecule has 0 aliphatic heterocycles. The largest absolute Gasteiger partial charge is 0.478 e. The molecule has 1 unspecified atom stereocenters. The van der Waals surface area contributed by atoms with Crippen molar-refractivity contribution >= 4 is 28.3 Å². The Hall–Kier alpha value is -1.64. The van der Waals surface area contributed by atoms with Gasteiger partial charge in [0.1, 0.15) is 10.6 Å². The van der Waals surface area contributed by atoms with E-state index in [-0.39, 0.29) is 17.1 Å². The van der Waals surface area contributed by atoms with Crippen LogP contribution in [0, 0.1) is 13.8 Å². The molecule has 2 amide bonds. The Bertz CT molecular complexity index is 524. The number of carboxylic acid groups (broad SMARTS) is 1. The number of thiophene rings is 1. The summed E-state index contributed by atoms with van der Waals surface area (Å²) in [5.41, 5.74) is -0.745. The van der Waals surface area contributed by atoms with Crippen LogP contribution >= 0.6 is 11.3 Å². The average molecular weight is 302 g/mol. The van der Waals surface area contributed by atoms with Crippen molar-refractivity contribution < 1.29 is 24.9 Å². The molecular formula is C12H18N2O5S. The molecule has 1 heterocycles. The van der Waals surface area contributed by atoms with Crippen LogP contribution in [0.15, 0.2) is 0 Å². The van der Waals surface area contributed by atoms with Gasteiger partial charge >= 0.3 is 12.0 Å². The molecule has 0 fully saturated rings. The number of hydrogen-bond donors (Lipinski definition) is 5. The number of aromatic carboxylic acids is 1. The normalized spacial score (nSPS) is 13.7. The highest BCUT2D eigenvalue weighted by Crippen LogP contribution is 2.32. The lowest BCUT2D eigenvalue weighted by Crippen LogP contribution is -2.44. The quantitative estimate of drug-likeness (QED) is 0.554. The molecular weight excluding hydrogens is 284 g/mol. The minimum absolute atomic E-state index is 0.0663. The van der Waals surface area contributed by atoms with Gasteiger partial charge in [0.2, 0.25) is 0 Å². The van der Waals surface area contributed by atoms with Gasteiger partial charge in [-0.15, -0.1) is 11.3 Å². The number of aliphatic hydroxyl groups excluding tert-OH is 1. The van der Waals surface area contributed by atoms with Crippen molar-refractivity contribution in [2.24, 2.45) is 0 Å². The number of urea groups is 1. The van der Waals surface area contributed by atoms with E-state index in [1.165, 1.54) is 18.3 Å². The van der Waals surface area contributed by atoms with Gasteiger partial charge in [0.05, 0.1) is 18.7 Å². The smallest absolute Gasteiger partial charge is 0.338 e.